The molecule has 2 aliphatic carbocycles. The van der Waals surface area contributed by atoms with Gasteiger partial charge >= 0.3 is 5.97 Å². The molecule has 1 aromatic carbocycles. The molecule has 1 saturated heterocycles. The van der Waals surface area contributed by atoms with E-state index in [9.17, 15) is 4.79 Å². The number of carbonyl (C=O) groups is 1. The van der Waals surface area contributed by atoms with E-state index in [-0.39, 0.29) is 5.92 Å². The van der Waals surface area contributed by atoms with Crippen LogP contribution < -0.4 is 5.32 Å². The van der Waals surface area contributed by atoms with Gasteiger partial charge in [0.1, 0.15) is 0 Å². The lowest BCUT2D eigenvalue weighted by Crippen LogP contribution is -2.53. The van der Waals surface area contributed by atoms with Crippen LogP contribution in [-0.4, -0.2) is 48.2 Å². The van der Waals surface area contributed by atoms with Gasteiger partial charge in [-0.25, -0.2) is 0 Å². The molecular formula is C18H24N2O2. The number of carboxylic acid groups (broad SMARTS) is 1. The summed E-state index contributed by atoms with van der Waals surface area (Å²) in [4.78, 5) is 13.2. The zero-order chi connectivity index (χ0) is 15.2. The molecule has 118 valence electrons. The number of benzene rings is 1. The van der Waals surface area contributed by atoms with Crippen molar-refractivity contribution in [1.29, 1.82) is 0 Å². The second kappa shape index (κ2) is 5.36. The van der Waals surface area contributed by atoms with Gasteiger partial charge in [0.2, 0.25) is 0 Å². The van der Waals surface area contributed by atoms with Crippen LogP contribution in [0.1, 0.15) is 30.7 Å². The van der Waals surface area contributed by atoms with Gasteiger partial charge in [-0.3, -0.25) is 4.79 Å². The number of likely N-dealkylation sites (tertiary alicyclic amines) is 1. The molecule has 4 rings (SSSR count). The summed E-state index contributed by atoms with van der Waals surface area (Å²) in [5, 5.41) is 12.7. The maximum atomic E-state index is 10.9. The SMILES string of the molecule is O=C(O)C1CN(CC2(CN[C@H]3CC3c3ccccc3)CC2)C1. The highest BCUT2D eigenvalue weighted by molar-refractivity contribution is 5.71. The third kappa shape index (κ3) is 2.90. The molecule has 3 fully saturated rings. The van der Waals surface area contributed by atoms with Crippen LogP contribution in [0.4, 0.5) is 0 Å². The summed E-state index contributed by atoms with van der Waals surface area (Å²) >= 11 is 0. The molecule has 4 nitrogen and oxygen atoms in total. The van der Waals surface area contributed by atoms with Gasteiger partial charge in [-0.2, -0.15) is 0 Å². The molecule has 1 aliphatic heterocycles. The lowest BCUT2D eigenvalue weighted by Gasteiger charge is -2.39. The first-order chi connectivity index (χ1) is 10.7. The first-order valence-electron chi connectivity index (χ1n) is 8.39. The van der Waals surface area contributed by atoms with Crippen molar-refractivity contribution in [1.82, 2.24) is 10.2 Å². The zero-order valence-electron chi connectivity index (χ0n) is 12.9. The van der Waals surface area contributed by atoms with E-state index in [1.54, 1.807) is 0 Å². The van der Waals surface area contributed by atoms with Crippen LogP contribution in [0, 0.1) is 11.3 Å². The van der Waals surface area contributed by atoms with Crippen molar-refractivity contribution in [2.24, 2.45) is 11.3 Å². The Kier molecular flexibility index (Phi) is 3.46. The van der Waals surface area contributed by atoms with Gasteiger partial charge in [0.25, 0.3) is 0 Å². The Morgan fingerprint density at radius 1 is 1.27 bits per heavy atom. The van der Waals surface area contributed by atoms with Crippen molar-refractivity contribution in [2.45, 2.75) is 31.2 Å². The fourth-order valence-electron chi connectivity index (χ4n) is 3.73. The monoisotopic (exact) mass is 300 g/mol. The molecule has 0 amide bonds. The minimum absolute atomic E-state index is 0.130. The second-order valence-corrected chi connectivity index (χ2v) is 7.47. The molecule has 1 heterocycles. The molecule has 2 N–H and O–H groups in total. The smallest absolute Gasteiger partial charge is 0.309 e. The Hall–Kier alpha value is -1.39. The largest absolute Gasteiger partial charge is 0.481 e. The molecule has 0 bridgehead atoms. The van der Waals surface area contributed by atoms with Crippen molar-refractivity contribution in [2.75, 3.05) is 26.2 Å². The summed E-state index contributed by atoms with van der Waals surface area (Å²) in [5.74, 6) is -0.0741. The quantitative estimate of drug-likeness (QED) is 0.808. The molecule has 4 heteroatoms. The highest BCUT2D eigenvalue weighted by Gasteiger charge is 2.48. The van der Waals surface area contributed by atoms with Crippen LogP contribution in [-0.2, 0) is 4.79 Å². The lowest BCUT2D eigenvalue weighted by molar-refractivity contribution is -0.147. The number of aliphatic carboxylic acids is 1. The lowest BCUT2D eigenvalue weighted by atomic mass is 9.96. The van der Waals surface area contributed by atoms with Gasteiger partial charge in [-0.1, -0.05) is 30.3 Å². The molecule has 2 saturated carbocycles. The number of nitrogens with zero attached hydrogens (tertiary/aromatic N) is 1. The molecule has 0 aromatic heterocycles. The predicted octanol–water partition coefficient (Wildman–Crippen LogP) is 1.93. The first kappa shape index (κ1) is 14.2. The fraction of sp³-hybridized carbons (Fsp3) is 0.611. The van der Waals surface area contributed by atoms with Crippen molar-refractivity contribution in [3.05, 3.63) is 35.9 Å². The number of rotatable bonds is 7. The molecule has 3 aliphatic rings. The standard InChI is InChI=1S/C18H24N2O2/c21-17(22)14-9-20(10-14)12-18(6-7-18)11-19-16-8-15(16)13-4-2-1-3-5-13/h1-5,14-16,19H,6-12H2,(H,21,22)/t15?,16-/m0/s1. The minimum atomic E-state index is -0.636. The number of nitrogens with one attached hydrogen (secondary N) is 1. The van der Waals surface area contributed by atoms with E-state index in [1.807, 2.05) is 0 Å². The Balaban J connectivity index is 1.21. The molecule has 0 radical (unpaired) electrons. The van der Waals surface area contributed by atoms with E-state index in [1.165, 1.54) is 24.8 Å². The minimum Gasteiger partial charge on any atom is -0.481 e. The molecule has 2 atom stereocenters. The van der Waals surface area contributed by atoms with Gasteiger partial charge in [0.05, 0.1) is 5.92 Å². The van der Waals surface area contributed by atoms with Crippen molar-refractivity contribution >= 4 is 5.97 Å². The molecule has 1 aromatic rings. The van der Waals surface area contributed by atoms with Crippen LogP contribution in [0.15, 0.2) is 30.3 Å². The van der Waals surface area contributed by atoms with Crippen LogP contribution >= 0.6 is 0 Å². The topological polar surface area (TPSA) is 52.6 Å². The highest BCUT2D eigenvalue weighted by Crippen LogP contribution is 2.48. The summed E-state index contributed by atoms with van der Waals surface area (Å²) in [6.07, 6.45) is 3.83. The third-order valence-corrected chi connectivity index (χ3v) is 5.58. The Morgan fingerprint density at radius 2 is 2.00 bits per heavy atom. The number of hydrogen-bond acceptors (Lipinski definition) is 3. The van der Waals surface area contributed by atoms with Gasteiger partial charge in [0.15, 0.2) is 0 Å². The Labute approximate surface area is 131 Å². The van der Waals surface area contributed by atoms with Gasteiger partial charge < -0.3 is 15.3 Å². The number of hydrogen-bond donors (Lipinski definition) is 2. The highest BCUT2D eigenvalue weighted by atomic mass is 16.4. The van der Waals surface area contributed by atoms with Crippen LogP contribution in [0.5, 0.6) is 0 Å². The van der Waals surface area contributed by atoms with Gasteiger partial charge in [-0.15, -0.1) is 0 Å². The number of carboxylic acids is 1. The van der Waals surface area contributed by atoms with E-state index in [0.717, 1.165) is 26.2 Å². The van der Waals surface area contributed by atoms with Crippen molar-refractivity contribution < 1.29 is 9.90 Å². The fourth-order valence-corrected chi connectivity index (χ4v) is 3.73. The summed E-state index contributed by atoms with van der Waals surface area (Å²) in [7, 11) is 0. The van der Waals surface area contributed by atoms with Gasteiger partial charge in [0, 0.05) is 38.1 Å². The first-order valence-corrected chi connectivity index (χ1v) is 8.39. The van der Waals surface area contributed by atoms with Gasteiger partial charge in [-0.05, 0) is 30.2 Å². The summed E-state index contributed by atoms with van der Waals surface area (Å²) < 4.78 is 0. The zero-order valence-corrected chi connectivity index (χ0v) is 12.9. The Bertz CT molecular complexity index is 549. The van der Waals surface area contributed by atoms with Crippen LogP contribution in [0.25, 0.3) is 0 Å². The normalized spacial score (nSPS) is 29.8. The molecule has 22 heavy (non-hydrogen) atoms. The summed E-state index contributed by atoms with van der Waals surface area (Å²) in [6.45, 7) is 3.65. The third-order valence-electron chi connectivity index (χ3n) is 5.58. The van der Waals surface area contributed by atoms with E-state index < -0.39 is 5.97 Å². The molecule has 0 spiro atoms. The maximum absolute atomic E-state index is 10.9. The van der Waals surface area contributed by atoms with Crippen LogP contribution in [0.2, 0.25) is 0 Å². The summed E-state index contributed by atoms with van der Waals surface area (Å²) in [5.41, 5.74) is 1.88. The molecule has 1 unspecified atom stereocenters. The Morgan fingerprint density at radius 3 is 2.64 bits per heavy atom. The van der Waals surface area contributed by atoms with E-state index in [0.29, 0.717) is 17.4 Å². The van der Waals surface area contributed by atoms with Crippen LogP contribution in [0.3, 0.4) is 0 Å². The average molecular weight is 300 g/mol. The van der Waals surface area contributed by atoms with Crippen molar-refractivity contribution in [3.8, 4) is 0 Å². The summed E-state index contributed by atoms with van der Waals surface area (Å²) in [6, 6.07) is 11.4. The van der Waals surface area contributed by atoms with E-state index in [4.69, 9.17) is 5.11 Å². The second-order valence-electron chi connectivity index (χ2n) is 7.47. The van der Waals surface area contributed by atoms with Crippen molar-refractivity contribution in [3.63, 3.8) is 0 Å². The van der Waals surface area contributed by atoms with E-state index >= 15 is 0 Å². The maximum Gasteiger partial charge on any atom is 0.309 e. The van der Waals surface area contributed by atoms with E-state index in [2.05, 4.69) is 40.5 Å². The predicted molar refractivity (Wildman–Crippen MR) is 84.8 cm³/mol. The average Bonchev–Trinajstić information content (AvgIpc) is 3.37. The molecular weight excluding hydrogens is 276 g/mol.